The van der Waals surface area contributed by atoms with Crippen LogP contribution in [0.25, 0.3) is 0 Å². The first-order chi connectivity index (χ1) is 8.45. The lowest BCUT2D eigenvalue weighted by Crippen LogP contribution is -2.39. The van der Waals surface area contributed by atoms with Crippen LogP contribution in [0, 0.1) is 6.92 Å². The number of aryl methyl sites for hydroxylation is 1. The van der Waals surface area contributed by atoms with Gasteiger partial charge in [-0.2, -0.15) is 0 Å². The maximum Gasteiger partial charge on any atom is 0.305 e. The highest BCUT2D eigenvalue weighted by molar-refractivity contribution is 5.94. The molecule has 0 saturated carbocycles. The van der Waals surface area contributed by atoms with E-state index in [-0.39, 0.29) is 18.4 Å². The second-order valence-corrected chi connectivity index (χ2v) is 4.40. The van der Waals surface area contributed by atoms with Crippen LogP contribution in [-0.4, -0.2) is 34.5 Å². The Bertz CT molecular complexity index is 425. The first-order valence-electron chi connectivity index (χ1n) is 6.05. The highest BCUT2D eigenvalue weighted by Crippen LogP contribution is 2.11. The topological polar surface area (TPSA) is 57.6 Å². The summed E-state index contributed by atoms with van der Waals surface area (Å²) < 4.78 is 0. The quantitative estimate of drug-likeness (QED) is 0.871. The fourth-order valence-corrected chi connectivity index (χ4v) is 1.88. The zero-order valence-corrected chi connectivity index (χ0v) is 11.0. The third-order valence-electron chi connectivity index (χ3n) is 2.90. The lowest BCUT2D eigenvalue weighted by Gasteiger charge is -2.27. The second kappa shape index (κ2) is 6.19. The Morgan fingerprint density at radius 3 is 2.28 bits per heavy atom. The first kappa shape index (κ1) is 14.2. The van der Waals surface area contributed by atoms with Gasteiger partial charge in [-0.25, -0.2) is 0 Å². The molecule has 0 spiro atoms. The zero-order valence-electron chi connectivity index (χ0n) is 11.0. The average molecular weight is 249 g/mol. The van der Waals surface area contributed by atoms with Crippen LogP contribution in [0.15, 0.2) is 24.3 Å². The van der Waals surface area contributed by atoms with Crippen molar-refractivity contribution < 1.29 is 14.7 Å². The molecule has 0 aliphatic heterocycles. The highest BCUT2D eigenvalue weighted by atomic mass is 16.4. The van der Waals surface area contributed by atoms with E-state index in [0.29, 0.717) is 12.1 Å². The predicted octanol–water partition coefficient (Wildman–Crippen LogP) is 2.32. The fraction of sp³-hybridized carbons (Fsp3) is 0.429. The van der Waals surface area contributed by atoms with Crippen molar-refractivity contribution in [3.05, 3.63) is 35.4 Å². The van der Waals surface area contributed by atoms with Gasteiger partial charge in [0.1, 0.15) is 0 Å². The SMILES string of the molecule is CCN(C(=O)c1ccc(C)cc1)C(C)CC(=O)O. The molecule has 1 rings (SSSR count). The molecule has 0 aromatic heterocycles. The van der Waals surface area contributed by atoms with Gasteiger partial charge in [-0.05, 0) is 32.9 Å². The molecular weight excluding hydrogens is 230 g/mol. The molecule has 4 nitrogen and oxygen atoms in total. The Kier molecular flexibility index (Phi) is 4.89. The van der Waals surface area contributed by atoms with Gasteiger partial charge in [0, 0.05) is 18.2 Å². The Morgan fingerprint density at radius 1 is 1.28 bits per heavy atom. The molecule has 0 radical (unpaired) electrons. The minimum atomic E-state index is -0.891. The summed E-state index contributed by atoms with van der Waals surface area (Å²) in [6, 6.07) is 6.99. The summed E-state index contributed by atoms with van der Waals surface area (Å²) in [5, 5.41) is 8.78. The van der Waals surface area contributed by atoms with Crippen LogP contribution in [0.4, 0.5) is 0 Å². The molecule has 0 bridgehead atoms. The van der Waals surface area contributed by atoms with Gasteiger partial charge >= 0.3 is 5.97 Å². The van der Waals surface area contributed by atoms with Crippen molar-refractivity contribution in [2.24, 2.45) is 0 Å². The molecule has 0 aliphatic carbocycles. The molecule has 1 aromatic carbocycles. The maximum absolute atomic E-state index is 12.2. The predicted molar refractivity (Wildman–Crippen MR) is 69.6 cm³/mol. The molecule has 0 aliphatic rings. The number of hydrogen-bond donors (Lipinski definition) is 1. The number of aliphatic carboxylic acids is 1. The van der Waals surface area contributed by atoms with E-state index in [1.165, 1.54) is 0 Å². The number of carboxylic acids is 1. The van der Waals surface area contributed by atoms with E-state index in [4.69, 9.17) is 5.11 Å². The molecule has 1 aromatic rings. The van der Waals surface area contributed by atoms with Gasteiger partial charge in [0.15, 0.2) is 0 Å². The summed E-state index contributed by atoms with van der Waals surface area (Å²) in [6.07, 6.45) is -0.0363. The number of carboxylic acid groups (broad SMARTS) is 1. The number of carbonyl (C=O) groups excluding carboxylic acids is 1. The Balaban J connectivity index is 2.85. The standard InChI is InChI=1S/C14H19NO3/c1-4-15(11(3)9-13(16)17)14(18)12-7-5-10(2)6-8-12/h5-8,11H,4,9H2,1-3H3,(H,16,17). The van der Waals surface area contributed by atoms with Crippen molar-refractivity contribution >= 4 is 11.9 Å². The number of hydrogen-bond acceptors (Lipinski definition) is 2. The number of nitrogens with zero attached hydrogens (tertiary/aromatic N) is 1. The van der Waals surface area contributed by atoms with Crippen LogP contribution in [0.5, 0.6) is 0 Å². The third-order valence-corrected chi connectivity index (χ3v) is 2.90. The molecule has 98 valence electrons. The summed E-state index contributed by atoms with van der Waals surface area (Å²) >= 11 is 0. The molecule has 4 heteroatoms. The minimum Gasteiger partial charge on any atom is -0.481 e. The molecular formula is C14H19NO3. The van der Waals surface area contributed by atoms with Crippen LogP contribution in [0.3, 0.4) is 0 Å². The summed E-state index contributed by atoms with van der Waals surface area (Å²) in [5.74, 6) is -1.01. The van der Waals surface area contributed by atoms with Crippen LogP contribution >= 0.6 is 0 Å². The van der Waals surface area contributed by atoms with Crippen LogP contribution in [-0.2, 0) is 4.79 Å². The van der Waals surface area contributed by atoms with Crippen molar-refractivity contribution in [2.45, 2.75) is 33.2 Å². The van der Waals surface area contributed by atoms with Crippen molar-refractivity contribution in [1.29, 1.82) is 0 Å². The number of amides is 1. The van der Waals surface area contributed by atoms with E-state index >= 15 is 0 Å². The van der Waals surface area contributed by atoms with E-state index < -0.39 is 5.97 Å². The first-order valence-corrected chi connectivity index (χ1v) is 6.05. The van der Waals surface area contributed by atoms with Crippen molar-refractivity contribution in [2.75, 3.05) is 6.54 Å². The van der Waals surface area contributed by atoms with Crippen LogP contribution < -0.4 is 0 Å². The van der Waals surface area contributed by atoms with Crippen LogP contribution in [0.1, 0.15) is 36.2 Å². The van der Waals surface area contributed by atoms with E-state index in [0.717, 1.165) is 5.56 Å². The molecule has 18 heavy (non-hydrogen) atoms. The second-order valence-electron chi connectivity index (χ2n) is 4.40. The van der Waals surface area contributed by atoms with Crippen molar-refractivity contribution in [1.82, 2.24) is 4.90 Å². The van der Waals surface area contributed by atoms with Gasteiger partial charge in [0.2, 0.25) is 0 Å². The van der Waals surface area contributed by atoms with Gasteiger partial charge in [0.25, 0.3) is 5.91 Å². The summed E-state index contributed by atoms with van der Waals surface area (Å²) in [6.45, 7) is 6.06. The molecule has 0 saturated heterocycles. The Labute approximate surface area is 107 Å². The molecule has 1 unspecified atom stereocenters. The lowest BCUT2D eigenvalue weighted by atomic mass is 10.1. The van der Waals surface area contributed by atoms with E-state index in [1.807, 2.05) is 26.0 Å². The van der Waals surface area contributed by atoms with E-state index in [1.54, 1.807) is 24.0 Å². The maximum atomic E-state index is 12.2. The van der Waals surface area contributed by atoms with Crippen molar-refractivity contribution in [3.8, 4) is 0 Å². The van der Waals surface area contributed by atoms with Crippen LogP contribution in [0.2, 0.25) is 0 Å². The zero-order chi connectivity index (χ0) is 13.7. The number of rotatable bonds is 5. The van der Waals surface area contributed by atoms with Gasteiger partial charge in [0.05, 0.1) is 6.42 Å². The fourth-order valence-electron chi connectivity index (χ4n) is 1.88. The molecule has 0 fully saturated rings. The Hall–Kier alpha value is -1.84. The van der Waals surface area contributed by atoms with E-state index in [2.05, 4.69) is 0 Å². The van der Waals surface area contributed by atoms with Gasteiger partial charge < -0.3 is 10.0 Å². The van der Waals surface area contributed by atoms with Gasteiger partial charge in [-0.1, -0.05) is 17.7 Å². The molecule has 1 N–H and O–H groups in total. The number of carbonyl (C=O) groups is 2. The Morgan fingerprint density at radius 2 is 1.83 bits per heavy atom. The van der Waals surface area contributed by atoms with Gasteiger partial charge in [-0.3, -0.25) is 9.59 Å². The summed E-state index contributed by atoms with van der Waals surface area (Å²) in [7, 11) is 0. The number of benzene rings is 1. The molecule has 0 heterocycles. The molecule has 1 amide bonds. The van der Waals surface area contributed by atoms with E-state index in [9.17, 15) is 9.59 Å². The normalized spacial score (nSPS) is 11.9. The monoisotopic (exact) mass is 249 g/mol. The van der Waals surface area contributed by atoms with Crippen molar-refractivity contribution in [3.63, 3.8) is 0 Å². The lowest BCUT2D eigenvalue weighted by molar-refractivity contribution is -0.138. The minimum absolute atomic E-state index is 0.0363. The smallest absolute Gasteiger partial charge is 0.305 e. The van der Waals surface area contributed by atoms with Gasteiger partial charge in [-0.15, -0.1) is 0 Å². The average Bonchev–Trinajstić information content (AvgIpc) is 2.29. The summed E-state index contributed by atoms with van der Waals surface area (Å²) in [4.78, 5) is 24.5. The molecule has 1 atom stereocenters. The summed E-state index contributed by atoms with van der Waals surface area (Å²) in [5.41, 5.74) is 1.69. The highest BCUT2D eigenvalue weighted by Gasteiger charge is 2.21. The largest absolute Gasteiger partial charge is 0.481 e. The third kappa shape index (κ3) is 3.58.